The van der Waals surface area contributed by atoms with Crippen molar-refractivity contribution in [2.24, 2.45) is 45.3 Å². The average Bonchev–Trinajstić information content (AvgIpc) is 3.45. The van der Waals surface area contributed by atoms with Gasteiger partial charge in [-0.25, -0.2) is 0 Å². The Morgan fingerprint density at radius 3 is 2.46 bits per heavy atom. The number of ketones is 1. The SMILES string of the molecule is COCCCOC1CCC2(C)C(C1)C(=O)C=C1C3(O)CCC4C(C)(O)C(O)(O)C5OC6C(O)NC(C(=O)N7CC7CC#CC12CCC43C)C1(CCCC1)C6C5CO. The maximum atomic E-state index is 14.5. The van der Waals surface area contributed by atoms with Gasteiger partial charge in [-0.05, 0) is 88.2 Å². The highest BCUT2D eigenvalue weighted by molar-refractivity contribution is 5.96. The molecule has 7 N–H and O–H groups in total. The first-order chi connectivity index (χ1) is 27.0. The molecule has 5 heterocycles. The Morgan fingerprint density at radius 1 is 0.982 bits per heavy atom. The first kappa shape index (κ1) is 40.4. The predicted molar refractivity (Wildman–Crippen MR) is 204 cm³/mol. The van der Waals surface area contributed by atoms with E-state index in [-0.39, 0.29) is 42.6 Å². The van der Waals surface area contributed by atoms with Crippen LogP contribution < -0.4 is 5.32 Å². The molecule has 13 heteroatoms. The van der Waals surface area contributed by atoms with Gasteiger partial charge in [0.2, 0.25) is 11.7 Å². The summed E-state index contributed by atoms with van der Waals surface area (Å²) in [6.07, 6.45) is 5.07. The molecule has 0 radical (unpaired) electrons. The van der Waals surface area contributed by atoms with E-state index in [0.29, 0.717) is 70.3 Å². The van der Waals surface area contributed by atoms with E-state index in [1.165, 1.54) is 6.92 Å². The number of hydrogen-bond acceptors (Lipinski definition) is 12. The fourth-order valence-corrected chi connectivity index (χ4v) is 14.7. The molecule has 0 aromatic carbocycles. The van der Waals surface area contributed by atoms with E-state index in [4.69, 9.17) is 14.2 Å². The third-order valence-electron chi connectivity index (χ3n) is 18.0. The Bertz CT molecular complexity index is 1750. The smallest absolute Gasteiger partial charge is 0.240 e. The lowest BCUT2D eigenvalue weighted by molar-refractivity contribution is -0.345. The van der Waals surface area contributed by atoms with Crippen molar-refractivity contribution < 1.29 is 54.4 Å². The number of aliphatic hydroxyl groups is 6. The van der Waals surface area contributed by atoms with Crippen molar-refractivity contribution in [3.05, 3.63) is 11.6 Å². The van der Waals surface area contributed by atoms with Crippen LogP contribution in [0.5, 0.6) is 0 Å². The lowest BCUT2D eigenvalue weighted by Crippen LogP contribution is -2.70. The summed E-state index contributed by atoms with van der Waals surface area (Å²) in [4.78, 5) is 30.8. The number of amides is 1. The molecular formula is C44H64N2O11. The number of fused-ring (bicyclic) bond motifs is 4. The lowest BCUT2D eigenvalue weighted by Gasteiger charge is -2.64. The van der Waals surface area contributed by atoms with Gasteiger partial charge < -0.3 is 49.7 Å². The van der Waals surface area contributed by atoms with Gasteiger partial charge in [-0.3, -0.25) is 14.9 Å². The van der Waals surface area contributed by atoms with E-state index in [1.54, 1.807) is 18.1 Å². The average molecular weight is 797 g/mol. The summed E-state index contributed by atoms with van der Waals surface area (Å²) in [6.45, 7) is 6.56. The van der Waals surface area contributed by atoms with Crippen molar-refractivity contribution in [1.82, 2.24) is 10.2 Å². The van der Waals surface area contributed by atoms with E-state index >= 15 is 0 Å². The van der Waals surface area contributed by atoms with Gasteiger partial charge in [0.05, 0.1) is 29.2 Å². The van der Waals surface area contributed by atoms with Crippen LogP contribution in [0.15, 0.2) is 11.6 Å². The number of piperidine rings is 1. The van der Waals surface area contributed by atoms with Gasteiger partial charge in [-0.15, -0.1) is 5.92 Å². The van der Waals surface area contributed by atoms with Crippen molar-refractivity contribution in [3.63, 3.8) is 0 Å². The number of rotatable bonds is 6. The molecule has 5 aliphatic carbocycles. The zero-order chi connectivity index (χ0) is 40.6. The Hall–Kier alpha value is -1.96. The largest absolute Gasteiger partial charge is 0.396 e. The molecule has 2 spiro atoms. The van der Waals surface area contributed by atoms with Gasteiger partial charge in [-0.1, -0.05) is 32.6 Å². The molecule has 15 unspecified atom stereocenters. The molecule has 5 aliphatic heterocycles. The van der Waals surface area contributed by atoms with Crippen molar-refractivity contribution in [3.8, 4) is 11.8 Å². The van der Waals surface area contributed by atoms with Gasteiger partial charge in [0.15, 0.2) is 5.78 Å². The van der Waals surface area contributed by atoms with Crippen LogP contribution in [0, 0.1) is 57.2 Å². The predicted octanol–water partition coefficient (Wildman–Crippen LogP) is 1.54. The monoisotopic (exact) mass is 796 g/mol. The summed E-state index contributed by atoms with van der Waals surface area (Å²) < 4.78 is 17.9. The molecule has 13 nitrogen and oxygen atoms in total. The van der Waals surface area contributed by atoms with Crippen molar-refractivity contribution >= 4 is 11.7 Å². The first-order valence-corrected chi connectivity index (χ1v) is 21.7. The van der Waals surface area contributed by atoms with Crippen LogP contribution >= 0.6 is 0 Å². The van der Waals surface area contributed by atoms with Crippen LogP contribution in [-0.4, -0.2) is 134 Å². The molecule has 10 aliphatic rings. The minimum atomic E-state index is -2.95. The molecule has 316 valence electrons. The number of nitrogens with one attached hydrogen (secondary N) is 1. The second-order valence-corrected chi connectivity index (χ2v) is 20.2. The van der Waals surface area contributed by atoms with E-state index in [1.807, 2.05) is 6.92 Å². The summed E-state index contributed by atoms with van der Waals surface area (Å²) in [5.41, 5.74) is -6.72. The molecule has 7 fully saturated rings. The van der Waals surface area contributed by atoms with Gasteiger partial charge in [0, 0.05) is 74.4 Å². The highest BCUT2D eigenvalue weighted by Crippen LogP contribution is 2.74. The fraction of sp³-hybridized carbons (Fsp3) is 0.864. The number of ether oxygens (including phenoxy) is 3. The molecule has 1 amide bonds. The zero-order valence-electron chi connectivity index (χ0n) is 34.0. The molecule has 10 rings (SSSR count). The van der Waals surface area contributed by atoms with Crippen LogP contribution in [0.3, 0.4) is 0 Å². The molecule has 3 saturated heterocycles. The van der Waals surface area contributed by atoms with Crippen LogP contribution in [0.4, 0.5) is 0 Å². The van der Waals surface area contributed by atoms with Crippen LogP contribution in [0.2, 0.25) is 0 Å². The van der Waals surface area contributed by atoms with E-state index in [2.05, 4.69) is 24.1 Å². The topological polar surface area (TPSA) is 198 Å². The van der Waals surface area contributed by atoms with Gasteiger partial charge >= 0.3 is 0 Å². The quantitative estimate of drug-likeness (QED) is 0.0888. The second kappa shape index (κ2) is 13.5. The lowest BCUT2D eigenvalue weighted by atomic mass is 9.39. The third kappa shape index (κ3) is 5.31. The van der Waals surface area contributed by atoms with Crippen LogP contribution in [0.25, 0.3) is 0 Å². The van der Waals surface area contributed by atoms with Crippen LogP contribution in [0.1, 0.15) is 104 Å². The molecule has 15 atom stereocenters. The standard InChI is InChI=1S/C44H64N2O11/c1-38-15-10-26(56-20-8-19-55-4)21-28(38)29(48)22-31-42(38)14-7-9-25-23-46(25)37(50)34-41(12-5-6-13-41)32-27(24-47)35(57-33(32)36(49)45-34)44(53,54)40(3,51)30-11-16-43(31,52)39(30,2)17-18-42/h22,25-28,30,32-36,45,47,49,51-54H,5-6,8-13,15-21,23-24H2,1-4H3. The van der Waals surface area contributed by atoms with Gasteiger partial charge in [-0.2, -0.15) is 0 Å². The first-order valence-electron chi connectivity index (χ1n) is 21.7. The van der Waals surface area contributed by atoms with E-state index in [0.717, 1.165) is 25.7 Å². The normalized spacial score (nSPS) is 50.4. The second-order valence-electron chi connectivity index (χ2n) is 20.2. The number of nitrogens with zero attached hydrogens (tertiary/aromatic N) is 1. The van der Waals surface area contributed by atoms with E-state index < -0.39 is 87.5 Å². The summed E-state index contributed by atoms with van der Waals surface area (Å²) >= 11 is 0. The Labute approximate surface area is 335 Å². The molecule has 0 aromatic heterocycles. The minimum Gasteiger partial charge on any atom is -0.396 e. The molecule has 0 aromatic rings. The Morgan fingerprint density at radius 2 is 1.74 bits per heavy atom. The highest BCUT2D eigenvalue weighted by atomic mass is 16.6. The van der Waals surface area contributed by atoms with Gasteiger partial charge in [0.25, 0.3) is 0 Å². The zero-order valence-corrected chi connectivity index (χ0v) is 34.0. The van der Waals surface area contributed by atoms with Gasteiger partial charge in [0.1, 0.15) is 24.0 Å². The third-order valence-corrected chi connectivity index (χ3v) is 18.0. The summed E-state index contributed by atoms with van der Waals surface area (Å²) in [5, 5.41) is 76.9. The Balaban J connectivity index is 1.16. The Kier molecular flexibility index (Phi) is 9.59. The number of carbonyl (C=O) groups is 2. The van der Waals surface area contributed by atoms with Crippen LogP contribution in [-0.2, 0) is 23.8 Å². The summed E-state index contributed by atoms with van der Waals surface area (Å²) in [6, 6.07) is -0.917. The number of methoxy groups -OCH3 is 1. The number of hydrogen-bond donors (Lipinski definition) is 7. The highest BCUT2D eigenvalue weighted by Gasteiger charge is 2.77. The number of carbonyl (C=O) groups excluding carboxylic acids is 2. The summed E-state index contributed by atoms with van der Waals surface area (Å²) in [7, 11) is 1.66. The van der Waals surface area contributed by atoms with Crippen molar-refractivity contribution in [2.45, 2.75) is 158 Å². The summed E-state index contributed by atoms with van der Waals surface area (Å²) in [5.74, 6) is 1.30. The molecule has 7 bridgehead atoms. The minimum absolute atomic E-state index is 0.0682. The number of allylic oxidation sites excluding steroid dienone is 1. The maximum Gasteiger partial charge on any atom is 0.240 e. The molecular weight excluding hydrogens is 732 g/mol. The number of aliphatic hydroxyl groups excluding tert-OH is 2. The van der Waals surface area contributed by atoms with E-state index in [9.17, 15) is 40.2 Å². The van der Waals surface area contributed by atoms with Crippen molar-refractivity contribution in [1.29, 1.82) is 0 Å². The fourth-order valence-electron chi connectivity index (χ4n) is 14.7. The maximum absolute atomic E-state index is 14.5. The molecule has 4 saturated carbocycles. The van der Waals surface area contributed by atoms with Crippen molar-refractivity contribution in [2.75, 3.05) is 33.5 Å². The molecule has 57 heavy (non-hydrogen) atoms.